The van der Waals surface area contributed by atoms with Gasteiger partial charge in [-0.2, -0.15) is 5.10 Å². The molecule has 0 spiro atoms. The van der Waals surface area contributed by atoms with Gasteiger partial charge in [0.1, 0.15) is 0 Å². The number of pyridine rings is 1. The number of hydrogen-bond donors (Lipinski definition) is 1. The predicted octanol–water partition coefficient (Wildman–Crippen LogP) is 2.58. The Morgan fingerprint density at radius 1 is 1.26 bits per heavy atom. The maximum Gasteiger partial charge on any atom is 0.0762 e. The third-order valence-electron chi connectivity index (χ3n) is 3.35. The van der Waals surface area contributed by atoms with Crippen LogP contribution in [0.3, 0.4) is 0 Å². The molecule has 102 valence electrons. The number of nitrogens with one attached hydrogen (secondary N) is 1. The van der Waals surface area contributed by atoms with Crippen LogP contribution < -0.4 is 5.32 Å². The molecule has 0 aliphatic heterocycles. The summed E-state index contributed by atoms with van der Waals surface area (Å²) >= 11 is 0. The lowest BCUT2D eigenvalue weighted by Gasteiger charge is -2.08. The lowest BCUT2D eigenvalue weighted by atomic mass is 10.2. The number of aromatic nitrogens is 3. The standard InChI is InChI=1S/C15H22N4/c1-3-13(2)19-11-7-15(18-19)12-17-10-6-14-4-8-16-9-5-14/h4-5,7-9,11,13,17H,3,6,10,12H2,1-2H3. The van der Waals surface area contributed by atoms with Crippen LogP contribution in [0.2, 0.25) is 0 Å². The van der Waals surface area contributed by atoms with E-state index in [1.165, 1.54) is 5.56 Å². The predicted molar refractivity (Wildman–Crippen MR) is 76.9 cm³/mol. The molecule has 1 atom stereocenters. The highest BCUT2D eigenvalue weighted by Crippen LogP contribution is 2.08. The molecule has 1 unspecified atom stereocenters. The molecule has 2 rings (SSSR count). The topological polar surface area (TPSA) is 42.7 Å². The molecule has 4 nitrogen and oxygen atoms in total. The van der Waals surface area contributed by atoms with Crippen molar-refractivity contribution in [2.75, 3.05) is 6.54 Å². The van der Waals surface area contributed by atoms with Crippen molar-refractivity contribution in [3.8, 4) is 0 Å². The van der Waals surface area contributed by atoms with Gasteiger partial charge in [-0.3, -0.25) is 9.67 Å². The summed E-state index contributed by atoms with van der Waals surface area (Å²) in [6, 6.07) is 6.68. The number of nitrogens with zero attached hydrogens (tertiary/aromatic N) is 3. The fourth-order valence-electron chi connectivity index (χ4n) is 1.90. The Balaban J connectivity index is 1.72. The van der Waals surface area contributed by atoms with Gasteiger partial charge in [-0.15, -0.1) is 0 Å². The van der Waals surface area contributed by atoms with Gasteiger partial charge in [-0.25, -0.2) is 0 Å². The molecule has 1 N–H and O–H groups in total. The summed E-state index contributed by atoms with van der Waals surface area (Å²) in [6.45, 7) is 6.15. The second kappa shape index (κ2) is 7.04. The minimum Gasteiger partial charge on any atom is -0.311 e. The van der Waals surface area contributed by atoms with Gasteiger partial charge in [0.25, 0.3) is 0 Å². The first-order valence-electron chi connectivity index (χ1n) is 6.93. The average Bonchev–Trinajstić information content (AvgIpc) is 2.93. The minimum atomic E-state index is 0.477. The van der Waals surface area contributed by atoms with Crippen molar-refractivity contribution >= 4 is 0 Å². The van der Waals surface area contributed by atoms with E-state index in [0.717, 1.165) is 31.6 Å². The molecule has 0 fully saturated rings. The zero-order valence-electron chi connectivity index (χ0n) is 11.7. The average molecular weight is 258 g/mol. The molecule has 0 aromatic carbocycles. The normalized spacial score (nSPS) is 12.5. The second-order valence-electron chi connectivity index (χ2n) is 4.83. The molecule has 0 bridgehead atoms. The van der Waals surface area contributed by atoms with Gasteiger partial charge >= 0.3 is 0 Å². The zero-order chi connectivity index (χ0) is 13.5. The Hall–Kier alpha value is -1.68. The molecule has 19 heavy (non-hydrogen) atoms. The fraction of sp³-hybridized carbons (Fsp3) is 0.467. The molecule has 2 aromatic heterocycles. The Morgan fingerprint density at radius 3 is 2.79 bits per heavy atom. The molecule has 0 saturated heterocycles. The lowest BCUT2D eigenvalue weighted by molar-refractivity contribution is 0.471. The van der Waals surface area contributed by atoms with E-state index in [4.69, 9.17) is 0 Å². The van der Waals surface area contributed by atoms with Crippen molar-refractivity contribution in [2.45, 2.75) is 39.3 Å². The van der Waals surface area contributed by atoms with Crippen LogP contribution in [0.5, 0.6) is 0 Å². The Bertz CT molecular complexity index is 478. The third kappa shape index (κ3) is 4.17. The van der Waals surface area contributed by atoms with E-state index in [1.807, 2.05) is 17.1 Å². The largest absolute Gasteiger partial charge is 0.311 e. The van der Waals surface area contributed by atoms with Crippen LogP contribution in [-0.4, -0.2) is 21.3 Å². The summed E-state index contributed by atoms with van der Waals surface area (Å²) in [4.78, 5) is 4.02. The quantitative estimate of drug-likeness (QED) is 0.776. The van der Waals surface area contributed by atoms with E-state index in [0.29, 0.717) is 6.04 Å². The first-order chi connectivity index (χ1) is 9.29. The molecule has 2 heterocycles. The SMILES string of the molecule is CCC(C)n1ccc(CNCCc2ccncc2)n1. The molecule has 0 saturated carbocycles. The molecule has 4 heteroatoms. The first-order valence-corrected chi connectivity index (χ1v) is 6.93. The van der Waals surface area contributed by atoms with E-state index in [2.05, 4.69) is 53.6 Å². The summed E-state index contributed by atoms with van der Waals surface area (Å²) in [5, 5.41) is 7.99. The molecule has 0 aliphatic carbocycles. The van der Waals surface area contributed by atoms with Crippen molar-refractivity contribution in [2.24, 2.45) is 0 Å². The van der Waals surface area contributed by atoms with Crippen LogP contribution in [-0.2, 0) is 13.0 Å². The smallest absolute Gasteiger partial charge is 0.0762 e. The molecular weight excluding hydrogens is 236 g/mol. The summed E-state index contributed by atoms with van der Waals surface area (Å²) in [6.07, 6.45) is 7.87. The van der Waals surface area contributed by atoms with Gasteiger partial charge in [0, 0.05) is 31.2 Å². The molecule has 0 amide bonds. The highest BCUT2D eigenvalue weighted by molar-refractivity contribution is 5.10. The maximum absolute atomic E-state index is 4.57. The minimum absolute atomic E-state index is 0.477. The summed E-state index contributed by atoms with van der Waals surface area (Å²) in [5.41, 5.74) is 2.42. The van der Waals surface area contributed by atoms with Crippen LogP contribution >= 0.6 is 0 Å². The summed E-state index contributed by atoms with van der Waals surface area (Å²) in [7, 11) is 0. The van der Waals surface area contributed by atoms with Gasteiger partial charge in [-0.1, -0.05) is 6.92 Å². The Labute approximate surface area is 114 Å². The van der Waals surface area contributed by atoms with Gasteiger partial charge in [-0.05, 0) is 50.1 Å². The van der Waals surface area contributed by atoms with E-state index in [-0.39, 0.29) is 0 Å². The molecule has 0 radical (unpaired) electrons. The van der Waals surface area contributed by atoms with Gasteiger partial charge in [0.15, 0.2) is 0 Å². The molecular formula is C15H22N4. The number of rotatable bonds is 7. The fourth-order valence-corrected chi connectivity index (χ4v) is 1.90. The van der Waals surface area contributed by atoms with E-state index in [9.17, 15) is 0 Å². The molecule has 2 aromatic rings. The second-order valence-corrected chi connectivity index (χ2v) is 4.83. The van der Waals surface area contributed by atoms with Crippen LogP contribution in [0.15, 0.2) is 36.8 Å². The van der Waals surface area contributed by atoms with E-state index < -0.39 is 0 Å². The van der Waals surface area contributed by atoms with Crippen molar-refractivity contribution < 1.29 is 0 Å². The monoisotopic (exact) mass is 258 g/mol. The maximum atomic E-state index is 4.57. The van der Waals surface area contributed by atoms with Gasteiger partial charge in [0.2, 0.25) is 0 Å². The molecule has 0 aliphatic rings. The summed E-state index contributed by atoms with van der Waals surface area (Å²) in [5.74, 6) is 0. The zero-order valence-corrected chi connectivity index (χ0v) is 11.7. The van der Waals surface area contributed by atoms with Crippen molar-refractivity contribution in [3.63, 3.8) is 0 Å². The van der Waals surface area contributed by atoms with Crippen molar-refractivity contribution in [1.82, 2.24) is 20.1 Å². The van der Waals surface area contributed by atoms with Crippen LogP contribution in [0.1, 0.15) is 37.6 Å². The van der Waals surface area contributed by atoms with Gasteiger partial charge < -0.3 is 5.32 Å². The third-order valence-corrected chi connectivity index (χ3v) is 3.35. The van der Waals surface area contributed by atoms with E-state index >= 15 is 0 Å². The first kappa shape index (κ1) is 13.7. The summed E-state index contributed by atoms with van der Waals surface area (Å²) < 4.78 is 2.04. The highest BCUT2D eigenvalue weighted by Gasteiger charge is 2.03. The number of hydrogen-bond acceptors (Lipinski definition) is 3. The van der Waals surface area contributed by atoms with E-state index in [1.54, 1.807) is 0 Å². The van der Waals surface area contributed by atoms with Gasteiger partial charge in [0.05, 0.1) is 5.69 Å². The Morgan fingerprint density at radius 2 is 2.05 bits per heavy atom. The van der Waals surface area contributed by atoms with Crippen molar-refractivity contribution in [1.29, 1.82) is 0 Å². The lowest BCUT2D eigenvalue weighted by Crippen LogP contribution is -2.17. The Kier molecular flexibility index (Phi) is 5.10. The van der Waals surface area contributed by atoms with Crippen LogP contribution in [0.25, 0.3) is 0 Å². The highest BCUT2D eigenvalue weighted by atomic mass is 15.3. The van der Waals surface area contributed by atoms with Crippen LogP contribution in [0.4, 0.5) is 0 Å². The van der Waals surface area contributed by atoms with Crippen molar-refractivity contribution in [3.05, 3.63) is 48.0 Å². The van der Waals surface area contributed by atoms with Crippen LogP contribution in [0, 0.1) is 0 Å².